The number of aryl methyl sites for hydroxylation is 1. The van der Waals surface area contributed by atoms with Crippen LogP contribution in [-0.4, -0.2) is 6.29 Å². The van der Waals surface area contributed by atoms with Gasteiger partial charge >= 0.3 is 0 Å². The molecule has 0 aliphatic rings. The number of rotatable bonds is 4. The molecule has 0 saturated heterocycles. The number of carbonyl (C=O) groups is 1. The largest absolute Gasteiger partial charge is 0.486 e. The van der Waals surface area contributed by atoms with Gasteiger partial charge in [-0.1, -0.05) is 30.3 Å². The average molecular weight is 244 g/mol. The fraction of sp³-hybridized carbons (Fsp3) is 0.133. The predicted octanol–water partition coefficient (Wildman–Crippen LogP) is 3.53. The Labute approximate surface area is 105 Å². The molecule has 0 fully saturated rings. The Balaban J connectivity index is 2.19. The van der Waals surface area contributed by atoms with E-state index in [2.05, 4.69) is 0 Å². The normalized spacial score (nSPS) is 10.1. The second-order valence-corrected chi connectivity index (χ2v) is 4.06. The highest BCUT2D eigenvalue weighted by atomic mass is 19.1. The third kappa shape index (κ3) is 2.74. The molecular formula is C15H13FO2. The molecule has 0 saturated carbocycles. The zero-order chi connectivity index (χ0) is 13.0. The number of benzene rings is 2. The second-order valence-electron chi connectivity index (χ2n) is 4.06. The van der Waals surface area contributed by atoms with Gasteiger partial charge in [-0.3, -0.25) is 4.79 Å². The molecule has 0 amide bonds. The molecule has 0 aliphatic carbocycles. The van der Waals surface area contributed by atoms with E-state index in [0.717, 1.165) is 11.1 Å². The van der Waals surface area contributed by atoms with E-state index in [1.165, 1.54) is 6.07 Å². The van der Waals surface area contributed by atoms with Gasteiger partial charge in [0.05, 0.1) is 5.56 Å². The van der Waals surface area contributed by atoms with E-state index in [-0.39, 0.29) is 17.9 Å². The van der Waals surface area contributed by atoms with Crippen LogP contribution in [-0.2, 0) is 6.61 Å². The van der Waals surface area contributed by atoms with Crippen LogP contribution in [0.1, 0.15) is 21.5 Å². The van der Waals surface area contributed by atoms with E-state index >= 15 is 0 Å². The van der Waals surface area contributed by atoms with Crippen LogP contribution in [0.4, 0.5) is 4.39 Å². The first-order chi connectivity index (χ1) is 8.70. The Morgan fingerprint density at radius 3 is 2.61 bits per heavy atom. The smallest absolute Gasteiger partial charge is 0.175 e. The van der Waals surface area contributed by atoms with Crippen molar-refractivity contribution in [2.45, 2.75) is 13.5 Å². The van der Waals surface area contributed by atoms with Crippen LogP contribution < -0.4 is 4.74 Å². The maximum absolute atomic E-state index is 13.8. The Hall–Kier alpha value is -2.16. The Kier molecular flexibility index (Phi) is 3.72. The Morgan fingerprint density at radius 2 is 1.94 bits per heavy atom. The number of aldehydes is 1. The highest BCUT2D eigenvalue weighted by molar-refractivity contribution is 5.76. The van der Waals surface area contributed by atoms with Crippen LogP contribution in [0.25, 0.3) is 0 Å². The molecule has 18 heavy (non-hydrogen) atoms. The summed E-state index contributed by atoms with van der Waals surface area (Å²) in [6.45, 7) is 2.07. The van der Waals surface area contributed by atoms with Crippen molar-refractivity contribution in [1.29, 1.82) is 0 Å². The van der Waals surface area contributed by atoms with Gasteiger partial charge in [0.25, 0.3) is 0 Å². The van der Waals surface area contributed by atoms with Gasteiger partial charge in [-0.2, -0.15) is 0 Å². The number of halogens is 1. The van der Waals surface area contributed by atoms with Gasteiger partial charge in [-0.25, -0.2) is 4.39 Å². The molecule has 0 bridgehead atoms. The lowest BCUT2D eigenvalue weighted by molar-refractivity contribution is 0.111. The topological polar surface area (TPSA) is 26.3 Å². The Morgan fingerprint density at radius 1 is 1.22 bits per heavy atom. The van der Waals surface area contributed by atoms with Crippen molar-refractivity contribution in [3.05, 3.63) is 65.0 Å². The summed E-state index contributed by atoms with van der Waals surface area (Å²) in [5.74, 6) is -0.493. The molecule has 0 heterocycles. The molecule has 2 nitrogen and oxygen atoms in total. The summed E-state index contributed by atoms with van der Waals surface area (Å²) in [5, 5.41) is 0. The number of hydrogen-bond donors (Lipinski definition) is 0. The highest BCUT2D eigenvalue weighted by Crippen LogP contribution is 2.23. The number of carbonyl (C=O) groups excluding carboxylic acids is 1. The van der Waals surface area contributed by atoms with Crippen molar-refractivity contribution < 1.29 is 13.9 Å². The monoisotopic (exact) mass is 244 g/mol. The first-order valence-electron chi connectivity index (χ1n) is 5.63. The van der Waals surface area contributed by atoms with E-state index in [0.29, 0.717) is 6.29 Å². The zero-order valence-electron chi connectivity index (χ0n) is 10.0. The minimum Gasteiger partial charge on any atom is -0.486 e. The van der Waals surface area contributed by atoms with Crippen LogP contribution in [0.15, 0.2) is 42.5 Å². The van der Waals surface area contributed by atoms with Gasteiger partial charge in [0.15, 0.2) is 17.9 Å². The molecule has 0 N–H and O–H groups in total. The van der Waals surface area contributed by atoms with Crippen molar-refractivity contribution in [1.82, 2.24) is 0 Å². The lowest BCUT2D eigenvalue weighted by Crippen LogP contribution is -2.00. The van der Waals surface area contributed by atoms with Gasteiger partial charge in [0.1, 0.15) is 6.61 Å². The minimum atomic E-state index is -0.605. The Bertz CT molecular complexity index is 550. The van der Waals surface area contributed by atoms with E-state index in [1.807, 2.05) is 30.3 Å². The molecule has 3 heteroatoms. The van der Waals surface area contributed by atoms with Crippen LogP contribution >= 0.6 is 0 Å². The second kappa shape index (κ2) is 5.45. The fourth-order valence-electron chi connectivity index (χ4n) is 1.69. The molecule has 2 aromatic carbocycles. The molecule has 2 rings (SSSR count). The lowest BCUT2D eigenvalue weighted by atomic mass is 10.1. The predicted molar refractivity (Wildman–Crippen MR) is 67.3 cm³/mol. The first kappa shape index (κ1) is 12.3. The SMILES string of the molecule is Cc1cc(C=O)c(F)c(OCc2ccccc2)c1. The minimum absolute atomic E-state index is 0.0260. The first-order valence-corrected chi connectivity index (χ1v) is 5.63. The molecule has 0 spiro atoms. The quantitative estimate of drug-likeness (QED) is 0.769. The van der Waals surface area contributed by atoms with Crippen LogP contribution in [0, 0.1) is 12.7 Å². The molecule has 92 valence electrons. The molecule has 0 atom stereocenters. The number of hydrogen-bond acceptors (Lipinski definition) is 2. The van der Waals surface area contributed by atoms with Crippen LogP contribution in [0.5, 0.6) is 5.75 Å². The van der Waals surface area contributed by atoms with Crippen molar-refractivity contribution in [2.75, 3.05) is 0 Å². The van der Waals surface area contributed by atoms with E-state index < -0.39 is 5.82 Å². The summed E-state index contributed by atoms with van der Waals surface area (Å²) in [6, 6.07) is 12.6. The molecule has 0 unspecified atom stereocenters. The molecule has 0 radical (unpaired) electrons. The summed E-state index contributed by atoms with van der Waals surface area (Å²) < 4.78 is 19.2. The summed E-state index contributed by atoms with van der Waals surface area (Å²) in [5.41, 5.74) is 1.77. The van der Waals surface area contributed by atoms with Gasteiger partial charge in [0, 0.05) is 0 Å². The zero-order valence-corrected chi connectivity index (χ0v) is 10.0. The molecular weight excluding hydrogens is 231 g/mol. The average Bonchev–Trinajstić information content (AvgIpc) is 2.40. The van der Waals surface area contributed by atoms with Crippen molar-refractivity contribution in [2.24, 2.45) is 0 Å². The van der Waals surface area contributed by atoms with Crippen LogP contribution in [0.2, 0.25) is 0 Å². The van der Waals surface area contributed by atoms with Gasteiger partial charge in [-0.05, 0) is 30.2 Å². The fourth-order valence-corrected chi connectivity index (χ4v) is 1.69. The van der Waals surface area contributed by atoms with E-state index in [4.69, 9.17) is 4.74 Å². The van der Waals surface area contributed by atoms with Crippen molar-refractivity contribution in [3.63, 3.8) is 0 Å². The maximum atomic E-state index is 13.8. The standard InChI is InChI=1S/C15H13FO2/c1-11-7-13(9-17)15(16)14(8-11)18-10-12-5-3-2-4-6-12/h2-9H,10H2,1H3. The van der Waals surface area contributed by atoms with Gasteiger partial charge in [0.2, 0.25) is 0 Å². The number of ether oxygens (including phenoxy) is 1. The maximum Gasteiger partial charge on any atom is 0.175 e. The van der Waals surface area contributed by atoms with Crippen molar-refractivity contribution >= 4 is 6.29 Å². The van der Waals surface area contributed by atoms with E-state index in [9.17, 15) is 9.18 Å². The van der Waals surface area contributed by atoms with Crippen LogP contribution in [0.3, 0.4) is 0 Å². The van der Waals surface area contributed by atoms with Gasteiger partial charge in [-0.15, -0.1) is 0 Å². The molecule has 0 aromatic heterocycles. The third-order valence-electron chi connectivity index (χ3n) is 2.58. The summed E-state index contributed by atoms with van der Waals surface area (Å²) in [7, 11) is 0. The highest BCUT2D eigenvalue weighted by Gasteiger charge is 2.10. The summed E-state index contributed by atoms with van der Waals surface area (Å²) >= 11 is 0. The van der Waals surface area contributed by atoms with Gasteiger partial charge < -0.3 is 4.74 Å². The van der Waals surface area contributed by atoms with E-state index in [1.54, 1.807) is 13.0 Å². The molecule has 0 aliphatic heterocycles. The third-order valence-corrected chi connectivity index (χ3v) is 2.58. The lowest BCUT2D eigenvalue weighted by Gasteiger charge is -2.09. The van der Waals surface area contributed by atoms with Crippen molar-refractivity contribution in [3.8, 4) is 5.75 Å². The molecule has 2 aromatic rings. The summed E-state index contributed by atoms with van der Waals surface area (Å²) in [4.78, 5) is 10.7. The summed E-state index contributed by atoms with van der Waals surface area (Å²) in [6.07, 6.45) is 0.498.